The maximum atomic E-state index is 12.6. The van der Waals surface area contributed by atoms with E-state index in [2.05, 4.69) is 20.8 Å². The summed E-state index contributed by atoms with van der Waals surface area (Å²) in [7, 11) is 0. The summed E-state index contributed by atoms with van der Waals surface area (Å²) >= 11 is 3.34. The Balaban J connectivity index is 1.16. The first-order valence-corrected chi connectivity index (χ1v) is 12.1. The summed E-state index contributed by atoms with van der Waals surface area (Å²) in [4.78, 5) is 43.3. The van der Waals surface area contributed by atoms with E-state index in [9.17, 15) is 14.4 Å². The summed E-state index contributed by atoms with van der Waals surface area (Å²) in [5.41, 5.74) is 0.878. The normalized spacial score (nSPS) is 20.4. The minimum atomic E-state index is -0.269. The van der Waals surface area contributed by atoms with Crippen LogP contribution in [0, 0.1) is 5.92 Å². The molecule has 8 heteroatoms. The van der Waals surface area contributed by atoms with Gasteiger partial charge in [0.25, 0.3) is 11.8 Å². The van der Waals surface area contributed by atoms with E-state index in [1.807, 2.05) is 4.90 Å². The van der Waals surface area contributed by atoms with E-state index >= 15 is 0 Å². The van der Waals surface area contributed by atoms with Gasteiger partial charge in [0.2, 0.25) is 5.91 Å². The average molecular weight is 492 g/mol. The van der Waals surface area contributed by atoms with Gasteiger partial charge in [-0.05, 0) is 56.3 Å². The molecule has 1 aromatic rings. The molecule has 2 fully saturated rings. The number of amides is 3. The van der Waals surface area contributed by atoms with E-state index in [0.717, 1.165) is 63.3 Å². The second-order valence-electron chi connectivity index (χ2n) is 8.62. The molecule has 0 saturated carbocycles. The predicted molar refractivity (Wildman–Crippen MR) is 120 cm³/mol. The van der Waals surface area contributed by atoms with Gasteiger partial charge < -0.3 is 9.64 Å². The van der Waals surface area contributed by atoms with Crippen molar-refractivity contribution in [3.63, 3.8) is 0 Å². The first-order chi connectivity index (χ1) is 15.0. The van der Waals surface area contributed by atoms with Crippen LogP contribution in [0.25, 0.3) is 0 Å². The maximum absolute atomic E-state index is 12.6. The molecule has 7 nitrogen and oxygen atoms in total. The summed E-state index contributed by atoms with van der Waals surface area (Å²) in [5.74, 6) is 0.284. The molecule has 3 aliphatic rings. The van der Waals surface area contributed by atoms with Crippen molar-refractivity contribution in [2.24, 2.45) is 5.92 Å². The van der Waals surface area contributed by atoms with Crippen molar-refractivity contribution in [2.75, 3.05) is 52.5 Å². The van der Waals surface area contributed by atoms with E-state index in [4.69, 9.17) is 4.74 Å². The fourth-order valence-electron chi connectivity index (χ4n) is 4.67. The lowest BCUT2D eigenvalue weighted by Gasteiger charge is -2.34. The number of fused-ring (bicyclic) bond motifs is 1. The molecule has 0 spiro atoms. The molecule has 0 unspecified atom stereocenters. The second kappa shape index (κ2) is 10.2. The summed E-state index contributed by atoms with van der Waals surface area (Å²) in [6, 6.07) is 5.12. The lowest BCUT2D eigenvalue weighted by Crippen LogP contribution is -2.41. The molecule has 0 radical (unpaired) electrons. The zero-order chi connectivity index (χ0) is 21.8. The average Bonchev–Trinajstić information content (AvgIpc) is 3.02. The Kier molecular flexibility index (Phi) is 7.40. The number of hydrogen-bond donors (Lipinski definition) is 0. The third-order valence-corrected chi connectivity index (χ3v) is 7.12. The highest BCUT2D eigenvalue weighted by Gasteiger charge is 2.35. The van der Waals surface area contributed by atoms with Crippen LogP contribution in [0.15, 0.2) is 22.7 Å². The minimum Gasteiger partial charge on any atom is -0.379 e. The third kappa shape index (κ3) is 5.35. The lowest BCUT2D eigenvalue weighted by molar-refractivity contribution is -0.132. The van der Waals surface area contributed by atoms with Gasteiger partial charge in [0.05, 0.1) is 24.3 Å². The quantitative estimate of drug-likeness (QED) is 0.548. The fraction of sp³-hybridized carbons (Fsp3) is 0.609. The maximum Gasteiger partial charge on any atom is 0.261 e. The zero-order valence-electron chi connectivity index (χ0n) is 17.9. The number of rotatable bonds is 7. The standard InChI is InChI=1S/C23H30BrN3O4/c24-18-3-4-19-20(16-18)23(30)27(22(19)29)8-1-2-21(28)26-10-6-17(7-11-26)5-9-25-12-14-31-15-13-25/h3-4,16-17H,1-2,5-15H2. The van der Waals surface area contributed by atoms with Gasteiger partial charge in [0.1, 0.15) is 0 Å². The highest BCUT2D eigenvalue weighted by atomic mass is 79.9. The van der Waals surface area contributed by atoms with Crippen LogP contribution in [0.4, 0.5) is 0 Å². The Bertz CT molecular complexity index is 832. The molecule has 168 valence electrons. The van der Waals surface area contributed by atoms with Gasteiger partial charge in [-0.25, -0.2) is 0 Å². The Morgan fingerprint density at radius 1 is 1.00 bits per heavy atom. The molecule has 0 atom stereocenters. The van der Waals surface area contributed by atoms with Crippen LogP contribution in [0.2, 0.25) is 0 Å². The van der Waals surface area contributed by atoms with Gasteiger partial charge in [-0.15, -0.1) is 0 Å². The van der Waals surface area contributed by atoms with Gasteiger partial charge in [-0.3, -0.25) is 24.2 Å². The van der Waals surface area contributed by atoms with Crippen molar-refractivity contribution >= 4 is 33.7 Å². The summed E-state index contributed by atoms with van der Waals surface area (Å²) in [6.45, 7) is 6.77. The van der Waals surface area contributed by atoms with Crippen LogP contribution in [-0.2, 0) is 9.53 Å². The van der Waals surface area contributed by atoms with Crippen LogP contribution >= 0.6 is 15.9 Å². The number of morpholine rings is 1. The van der Waals surface area contributed by atoms with E-state index in [-0.39, 0.29) is 24.3 Å². The predicted octanol–water partition coefficient (Wildman–Crippen LogP) is 2.79. The van der Waals surface area contributed by atoms with Gasteiger partial charge >= 0.3 is 0 Å². The molecule has 3 heterocycles. The molecule has 3 aliphatic heterocycles. The number of benzene rings is 1. The van der Waals surface area contributed by atoms with Gasteiger partial charge in [-0.2, -0.15) is 0 Å². The summed E-state index contributed by atoms with van der Waals surface area (Å²) < 4.78 is 6.18. The lowest BCUT2D eigenvalue weighted by atomic mass is 9.93. The molecular weight excluding hydrogens is 462 g/mol. The molecule has 3 amide bonds. The van der Waals surface area contributed by atoms with E-state index in [1.54, 1.807) is 18.2 Å². The highest BCUT2D eigenvalue weighted by molar-refractivity contribution is 9.10. The molecule has 0 bridgehead atoms. The second-order valence-corrected chi connectivity index (χ2v) is 9.54. The number of carbonyl (C=O) groups excluding carboxylic acids is 3. The van der Waals surface area contributed by atoms with Crippen molar-refractivity contribution in [1.29, 1.82) is 0 Å². The van der Waals surface area contributed by atoms with Crippen LogP contribution in [-0.4, -0.2) is 84.9 Å². The summed E-state index contributed by atoms with van der Waals surface area (Å²) in [5, 5.41) is 0. The Hall–Kier alpha value is -1.77. The Labute approximate surface area is 191 Å². The number of piperidine rings is 1. The first kappa shape index (κ1) is 22.4. The molecule has 0 aromatic heterocycles. The van der Waals surface area contributed by atoms with Gasteiger partial charge in [0, 0.05) is 43.6 Å². The number of likely N-dealkylation sites (tertiary alicyclic amines) is 1. The van der Waals surface area contributed by atoms with E-state index in [0.29, 0.717) is 29.9 Å². The van der Waals surface area contributed by atoms with Crippen molar-refractivity contribution in [3.05, 3.63) is 33.8 Å². The molecule has 0 aliphatic carbocycles. The molecule has 1 aromatic carbocycles. The van der Waals surface area contributed by atoms with Crippen molar-refractivity contribution in [2.45, 2.75) is 32.1 Å². The van der Waals surface area contributed by atoms with E-state index < -0.39 is 0 Å². The Morgan fingerprint density at radius 2 is 1.71 bits per heavy atom. The van der Waals surface area contributed by atoms with Crippen LogP contribution < -0.4 is 0 Å². The number of carbonyl (C=O) groups is 3. The molecule has 0 N–H and O–H groups in total. The van der Waals surface area contributed by atoms with Gasteiger partial charge in [0.15, 0.2) is 0 Å². The number of ether oxygens (including phenoxy) is 1. The van der Waals surface area contributed by atoms with E-state index in [1.165, 1.54) is 11.3 Å². The van der Waals surface area contributed by atoms with Gasteiger partial charge in [-0.1, -0.05) is 15.9 Å². The fourth-order valence-corrected chi connectivity index (χ4v) is 5.03. The topological polar surface area (TPSA) is 70.2 Å². The molecular formula is C23H30BrN3O4. The monoisotopic (exact) mass is 491 g/mol. The first-order valence-electron chi connectivity index (χ1n) is 11.3. The van der Waals surface area contributed by atoms with Crippen LogP contribution in [0.3, 0.4) is 0 Å². The van der Waals surface area contributed by atoms with Crippen LogP contribution in [0.1, 0.15) is 52.8 Å². The van der Waals surface area contributed by atoms with Crippen molar-refractivity contribution in [3.8, 4) is 0 Å². The third-order valence-electron chi connectivity index (χ3n) is 6.63. The highest BCUT2D eigenvalue weighted by Crippen LogP contribution is 2.26. The zero-order valence-corrected chi connectivity index (χ0v) is 19.4. The largest absolute Gasteiger partial charge is 0.379 e. The number of hydrogen-bond acceptors (Lipinski definition) is 5. The number of imide groups is 1. The SMILES string of the molecule is O=C(CCCN1C(=O)c2ccc(Br)cc2C1=O)N1CCC(CCN2CCOCC2)CC1. The minimum absolute atomic E-state index is 0.131. The summed E-state index contributed by atoms with van der Waals surface area (Å²) in [6.07, 6.45) is 4.18. The van der Waals surface area contributed by atoms with Crippen molar-refractivity contribution in [1.82, 2.24) is 14.7 Å². The number of nitrogens with zero attached hydrogens (tertiary/aromatic N) is 3. The Morgan fingerprint density at radius 3 is 2.45 bits per heavy atom. The smallest absolute Gasteiger partial charge is 0.261 e. The molecule has 4 rings (SSSR count). The number of halogens is 1. The van der Waals surface area contributed by atoms with Crippen molar-refractivity contribution < 1.29 is 19.1 Å². The molecule has 31 heavy (non-hydrogen) atoms. The van der Waals surface area contributed by atoms with Crippen LogP contribution in [0.5, 0.6) is 0 Å². The molecule has 2 saturated heterocycles.